The van der Waals surface area contributed by atoms with Crippen LogP contribution in [0, 0.1) is 0 Å². The van der Waals surface area contributed by atoms with Gasteiger partial charge in [-0.05, 0) is 48.9 Å². The summed E-state index contributed by atoms with van der Waals surface area (Å²) in [7, 11) is 0. The Labute approximate surface area is 104 Å². The second kappa shape index (κ2) is 3.94. The Morgan fingerprint density at radius 2 is 1.94 bits per heavy atom. The van der Waals surface area contributed by atoms with Crippen molar-refractivity contribution in [2.75, 3.05) is 0 Å². The third-order valence-corrected chi connectivity index (χ3v) is 4.65. The van der Waals surface area contributed by atoms with Gasteiger partial charge in [0.15, 0.2) is 0 Å². The minimum Gasteiger partial charge on any atom is -0.507 e. The number of rotatable bonds is 0. The van der Waals surface area contributed by atoms with E-state index >= 15 is 0 Å². The molecule has 0 fully saturated rings. The van der Waals surface area contributed by atoms with E-state index in [0.29, 0.717) is 5.75 Å². The van der Waals surface area contributed by atoms with Crippen LogP contribution in [0.1, 0.15) is 30.4 Å². The molecule has 0 amide bonds. The lowest BCUT2D eigenvalue weighted by Crippen LogP contribution is -1.90. The molecule has 1 aromatic heterocycles. The molecule has 1 nitrogen and oxygen atoms in total. The minimum absolute atomic E-state index is 0.388. The quantitative estimate of drug-likeness (QED) is 0.683. The zero-order valence-electron chi connectivity index (χ0n) is 8.92. The molecule has 1 aliphatic carbocycles. The number of phenolic OH excluding ortho intramolecular Hbond substituents is 1. The minimum atomic E-state index is 0.388. The van der Waals surface area contributed by atoms with Crippen molar-refractivity contribution in [1.29, 1.82) is 0 Å². The smallest absolute Gasteiger partial charge is 0.124 e. The predicted molar refractivity (Wildman–Crippen MR) is 69.8 cm³/mol. The van der Waals surface area contributed by atoms with Crippen molar-refractivity contribution < 1.29 is 5.11 Å². The maximum absolute atomic E-state index is 9.98. The number of phenols is 1. The average Bonchev–Trinajstić information content (AvgIpc) is 2.49. The summed E-state index contributed by atoms with van der Waals surface area (Å²) in [4.78, 5) is 0. The van der Waals surface area contributed by atoms with Gasteiger partial charge < -0.3 is 5.11 Å². The van der Waals surface area contributed by atoms with E-state index in [2.05, 4.69) is 0 Å². The second-order valence-electron chi connectivity index (χ2n) is 4.39. The largest absolute Gasteiger partial charge is 0.507 e. The van der Waals surface area contributed by atoms with Crippen LogP contribution in [0.15, 0.2) is 12.1 Å². The lowest BCUT2D eigenvalue weighted by atomic mass is 10.0. The molecule has 1 aromatic carbocycles. The Morgan fingerprint density at radius 3 is 2.81 bits per heavy atom. The highest BCUT2D eigenvalue weighted by molar-refractivity contribution is 7.22. The fourth-order valence-corrected chi connectivity index (χ4v) is 3.88. The van der Waals surface area contributed by atoms with Crippen molar-refractivity contribution in [2.24, 2.45) is 0 Å². The fourth-order valence-electron chi connectivity index (χ4n) is 2.54. The number of aryl methyl sites for hydroxylation is 2. The first-order chi connectivity index (χ1) is 7.75. The first kappa shape index (κ1) is 10.4. The summed E-state index contributed by atoms with van der Waals surface area (Å²) in [5.74, 6) is 0.388. The van der Waals surface area contributed by atoms with Crippen molar-refractivity contribution in [3.05, 3.63) is 27.6 Å². The van der Waals surface area contributed by atoms with E-state index in [1.54, 1.807) is 11.3 Å². The highest BCUT2D eigenvalue weighted by Crippen LogP contribution is 2.40. The molecule has 0 atom stereocenters. The first-order valence-electron chi connectivity index (χ1n) is 5.68. The summed E-state index contributed by atoms with van der Waals surface area (Å²) in [5, 5.41) is 10.9. The van der Waals surface area contributed by atoms with Crippen LogP contribution < -0.4 is 0 Å². The molecule has 0 bridgehead atoms. The zero-order chi connectivity index (χ0) is 11.1. The van der Waals surface area contributed by atoms with E-state index in [9.17, 15) is 5.11 Å². The Hall–Kier alpha value is -0.730. The molecule has 0 aliphatic heterocycles. The second-order valence-corrected chi connectivity index (χ2v) is 6.07. The molecular formula is C13H13ClOS. The van der Waals surface area contributed by atoms with Crippen LogP contribution in [0.5, 0.6) is 5.75 Å². The number of fused-ring (bicyclic) bond motifs is 3. The van der Waals surface area contributed by atoms with Crippen molar-refractivity contribution in [2.45, 2.75) is 32.1 Å². The van der Waals surface area contributed by atoms with Gasteiger partial charge in [-0.3, -0.25) is 0 Å². The Bertz CT molecular complexity index is 544. The lowest BCUT2D eigenvalue weighted by molar-refractivity contribution is 0.481. The molecule has 1 heterocycles. The molecule has 16 heavy (non-hydrogen) atoms. The summed E-state index contributed by atoms with van der Waals surface area (Å²) in [6.07, 6.45) is 5.99. The van der Waals surface area contributed by atoms with E-state index in [0.717, 1.165) is 22.6 Å². The van der Waals surface area contributed by atoms with Crippen molar-refractivity contribution in [3.8, 4) is 5.75 Å². The third kappa shape index (κ3) is 1.61. The number of aromatic hydroxyl groups is 1. The van der Waals surface area contributed by atoms with Gasteiger partial charge in [0.1, 0.15) is 5.75 Å². The Balaban J connectivity index is 2.32. The number of thiophene rings is 1. The summed E-state index contributed by atoms with van der Waals surface area (Å²) in [5.41, 5.74) is 2.74. The molecule has 0 unspecified atom stereocenters. The molecule has 0 spiro atoms. The molecule has 0 radical (unpaired) electrons. The van der Waals surface area contributed by atoms with E-state index < -0.39 is 0 Å². The standard InChI is InChI=1S/C13H13ClOS/c14-12-7-10-11(15)6-8-4-2-1-3-5-9(8)13(10)16-12/h6-7,15H,1-5H2. The molecule has 0 saturated carbocycles. The number of hydrogen-bond donors (Lipinski definition) is 1. The summed E-state index contributed by atoms with van der Waals surface area (Å²) < 4.78 is 1.96. The third-order valence-electron chi connectivity index (χ3n) is 3.32. The van der Waals surface area contributed by atoms with Gasteiger partial charge in [-0.2, -0.15) is 0 Å². The predicted octanol–water partition coefficient (Wildman–Crippen LogP) is 4.53. The number of benzene rings is 1. The fraction of sp³-hybridized carbons (Fsp3) is 0.385. The van der Waals surface area contributed by atoms with Crippen LogP contribution in [0.3, 0.4) is 0 Å². The highest BCUT2D eigenvalue weighted by Gasteiger charge is 2.16. The van der Waals surface area contributed by atoms with Gasteiger partial charge >= 0.3 is 0 Å². The van der Waals surface area contributed by atoms with E-state index in [1.807, 2.05) is 12.1 Å². The van der Waals surface area contributed by atoms with E-state index in [-0.39, 0.29) is 0 Å². The van der Waals surface area contributed by atoms with Crippen LogP contribution in [0.4, 0.5) is 0 Å². The number of hydrogen-bond acceptors (Lipinski definition) is 2. The SMILES string of the molecule is Oc1cc2c(c3sc(Cl)cc13)CCCCC2. The van der Waals surface area contributed by atoms with Crippen LogP contribution >= 0.6 is 22.9 Å². The molecule has 2 aromatic rings. The molecule has 0 saturated heterocycles. The monoisotopic (exact) mass is 252 g/mol. The van der Waals surface area contributed by atoms with E-state index in [4.69, 9.17) is 11.6 Å². The maximum Gasteiger partial charge on any atom is 0.124 e. The molecule has 1 N–H and O–H groups in total. The van der Waals surface area contributed by atoms with Crippen LogP contribution in [0.25, 0.3) is 10.1 Å². The molecule has 1 aliphatic rings. The lowest BCUT2D eigenvalue weighted by Gasteiger charge is -2.08. The normalized spacial score (nSPS) is 16.1. The molecular weight excluding hydrogens is 240 g/mol. The van der Waals surface area contributed by atoms with Gasteiger partial charge in [-0.1, -0.05) is 18.0 Å². The average molecular weight is 253 g/mol. The van der Waals surface area contributed by atoms with Crippen molar-refractivity contribution >= 4 is 33.0 Å². The van der Waals surface area contributed by atoms with Crippen LogP contribution in [-0.4, -0.2) is 5.11 Å². The summed E-state index contributed by atoms with van der Waals surface area (Å²) >= 11 is 7.64. The van der Waals surface area contributed by atoms with Crippen LogP contribution in [0.2, 0.25) is 4.34 Å². The highest BCUT2D eigenvalue weighted by atomic mass is 35.5. The van der Waals surface area contributed by atoms with Gasteiger partial charge in [-0.25, -0.2) is 0 Å². The zero-order valence-corrected chi connectivity index (χ0v) is 10.5. The summed E-state index contributed by atoms with van der Waals surface area (Å²) in [6, 6.07) is 3.81. The van der Waals surface area contributed by atoms with Gasteiger partial charge in [0.25, 0.3) is 0 Å². The van der Waals surface area contributed by atoms with Gasteiger partial charge in [0, 0.05) is 10.1 Å². The van der Waals surface area contributed by atoms with Gasteiger partial charge in [0.05, 0.1) is 4.34 Å². The first-order valence-corrected chi connectivity index (χ1v) is 6.88. The van der Waals surface area contributed by atoms with E-state index in [1.165, 1.54) is 35.1 Å². The Morgan fingerprint density at radius 1 is 1.12 bits per heavy atom. The molecule has 3 heteroatoms. The molecule has 3 rings (SSSR count). The van der Waals surface area contributed by atoms with Crippen molar-refractivity contribution in [1.82, 2.24) is 0 Å². The van der Waals surface area contributed by atoms with Gasteiger partial charge in [-0.15, -0.1) is 11.3 Å². The Kier molecular flexibility index (Phi) is 2.56. The maximum atomic E-state index is 9.98. The summed E-state index contributed by atoms with van der Waals surface area (Å²) in [6.45, 7) is 0. The van der Waals surface area contributed by atoms with Crippen LogP contribution in [-0.2, 0) is 12.8 Å². The van der Waals surface area contributed by atoms with Gasteiger partial charge in [0.2, 0.25) is 0 Å². The topological polar surface area (TPSA) is 20.2 Å². The van der Waals surface area contributed by atoms with Crippen molar-refractivity contribution in [3.63, 3.8) is 0 Å². The number of halogens is 1. The molecule has 84 valence electrons.